The van der Waals surface area contributed by atoms with Gasteiger partial charge in [0.1, 0.15) is 0 Å². The van der Waals surface area contributed by atoms with E-state index in [4.69, 9.17) is 0 Å². The van der Waals surface area contributed by atoms with Crippen LogP contribution in [-0.2, 0) is 17.6 Å². The highest BCUT2D eigenvalue weighted by Crippen LogP contribution is 2.10. The van der Waals surface area contributed by atoms with E-state index < -0.39 is 0 Å². The van der Waals surface area contributed by atoms with Gasteiger partial charge in [-0.3, -0.25) is 9.69 Å². The first-order valence-electron chi connectivity index (χ1n) is 8.41. The molecule has 1 aliphatic heterocycles. The highest BCUT2D eigenvalue weighted by Gasteiger charge is 2.09. The van der Waals surface area contributed by atoms with E-state index in [2.05, 4.69) is 53.6 Å². The molecular formula is C18H30ClN3O. The highest BCUT2D eigenvalue weighted by atomic mass is 35.5. The van der Waals surface area contributed by atoms with Gasteiger partial charge in [0.15, 0.2) is 0 Å². The van der Waals surface area contributed by atoms with E-state index in [0.717, 1.165) is 51.3 Å². The van der Waals surface area contributed by atoms with Crippen LogP contribution in [0.25, 0.3) is 0 Å². The molecule has 0 saturated carbocycles. The Labute approximate surface area is 146 Å². The fraction of sp³-hybridized carbons (Fsp3) is 0.611. The lowest BCUT2D eigenvalue weighted by atomic mass is 10.0. The fourth-order valence-electron chi connectivity index (χ4n) is 2.80. The van der Waals surface area contributed by atoms with Crippen molar-refractivity contribution in [1.82, 2.24) is 15.5 Å². The second-order valence-electron chi connectivity index (χ2n) is 6.53. The summed E-state index contributed by atoms with van der Waals surface area (Å²) < 4.78 is 0. The highest BCUT2D eigenvalue weighted by molar-refractivity contribution is 5.85. The zero-order valence-corrected chi connectivity index (χ0v) is 15.1. The Morgan fingerprint density at radius 2 is 1.78 bits per heavy atom. The van der Waals surface area contributed by atoms with Gasteiger partial charge in [-0.25, -0.2) is 0 Å². The molecule has 23 heavy (non-hydrogen) atoms. The normalized spacial score (nSPS) is 15.3. The second-order valence-corrected chi connectivity index (χ2v) is 6.53. The van der Waals surface area contributed by atoms with Crippen molar-refractivity contribution in [2.45, 2.75) is 26.7 Å². The van der Waals surface area contributed by atoms with Crippen LogP contribution in [0.5, 0.6) is 0 Å². The maximum absolute atomic E-state index is 12.0. The van der Waals surface area contributed by atoms with Gasteiger partial charge < -0.3 is 10.6 Å². The van der Waals surface area contributed by atoms with Crippen LogP contribution in [0.4, 0.5) is 0 Å². The van der Waals surface area contributed by atoms with E-state index in [-0.39, 0.29) is 18.3 Å². The molecule has 1 aromatic rings. The largest absolute Gasteiger partial charge is 0.355 e. The fourth-order valence-corrected chi connectivity index (χ4v) is 2.80. The molecule has 1 aromatic carbocycles. The van der Waals surface area contributed by atoms with Crippen molar-refractivity contribution in [3.05, 3.63) is 35.4 Å². The number of nitrogens with zero attached hydrogens (tertiary/aromatic N) is 1. The summed E-state index contributed by atoms with van der Waals surface area (Å²) in [4.78, 5) is 14.4. The quantitative estimate of drug-likeness (QED) is 0.797. The molecule has 0 bridgehead atoms. The van der Waals surface area contributed by atoms with Gasteiger partial charge in [0.05, 0.1) is 6.42 Å². The Morgan fingerprint density at radius 1 is 1.17 bits per heavy atom. The number of benzene rings is 1. The number of rotatable bonds is 7. The summed E-state index contributed by atoms with van der Waals surface area (Å²) >= 11 is 0. The Kier molecular flexibility index (Phi) is 9.22. The van der Waals surface area contributed by atoms with E-state index >= 15 is 0 Å². The van der Waals surface area contributed by atoms with Gasteiger partial charge in [-0.15, -0.1) is 12.4 Å². The van der Waals surface area contributed by atoms with Crippen LogP contribution in [-0.4, -0.2) is 50.1 Å². The maximum Gasteiger partial charge on any atom is 0.224 e. The molecule has 2 N–H and O–H groups in total. The predicted molar refractivity (Wildman–Crippen MR) is 98.3 cm³/mol. The van der Waals surface area contributed by atoms with Gasteiger partial charge in [-0.2, -0.15) is 0 Å². The first kappa shape index (κ1) is 19.9. The van der Waals surface area contributed by atoms with Crippen LogP contribution in [0, 0.1) is 5.92 Å². The number of hydrogen-bond donors (Lipinski definition) is 2. The molecule has 5 heteroatoms. The van der Waals surface area contributed by atoms with E-state index in [9.17, 15) is 4.79 Å². The lowest BCUT2D eigenvalue weighted by Crippen LogP contribution is -2.46. The van der Waals surface area contributed by atoms with Crippen LogP contribution in [0.2, 0.25) is 0 Å². The molecule has 1 aliphatic rings. The van der Waals surface area contributed by atoms with Crippen molar-refractivity contribution in [2.24, 2.45) is 5.92 Å². The number of carbonyl (C=O) groups excluding carboxylic acids is 1. The van der Waals surface area contributed by atoms with Crippen molar-refractivity contribution < 1.29 is 4.79 Å². The summed E-state index contributed by atoms with van der Waals surface area (Å²) in [5.41, 5.74) is 2.44. The van der Waals surface area contributed by atoms with Crippen LogP contribution >= 0.6 is 12.4 Å². The Hall–Kier alpha value is -1.10. The van der Waals surface area contributed by atoms with Gasteiger partial charge in [-0.05, 0) is 23.5 Å². The number of carbonyl (C=O) groups is 1. The van der Waals surface area contributed by atoms with Crippen molar-refractivity contribution in [2.75, 3.05) is 39.3 Å². The van der Waals surface area contributed by atoms with Gasteiger partial charge in [0, 0.05) is 39.3 Å². The van der Waals surface area contributed by atoms with Gasteiger partial charge in [-0.1, -0.05) is 38.1 Å². The van der Waals surface area contributed by atoms with Crippen molar-refractivity contribution in [1.29, 1.82) is 0 Å². The van der Waals surface area contributed by atoms with Crippen molar-refractivity contribution in [3.63, 3.8) is 0 Å². The molecule has 4 nitrogen and oxygen atoms in total. The number of nitrogens with one attached hydrogen (secondary N) is 2. The topological polar surface area (TPSA) is 44.4 Å². The zero-order chi connectivity index (χ0) is 15.8. The number of piperazine rings is 1. The van der Waals surface area contributed by atoms with Crippen molar-refractivity contribution in [3.8, 4) is 0 Å². The van der Waals surface area contributed by atoms with Crippen LogP contribution < -0.4 is 10.6 Å². The summed E-state index contributed by atoms with van der Waals surface area (Å²) in [6.07, 6.45) is 1.57. The Morgan fingerprint density at radius 3 is 2.39 bits per heavy atom. The standard InChI is InChI=1S/C18H29N3O.ClH/c1-15(2)13-16-3-5-17(6-4-16)14-18(22)20-9-12-21-10-7-19-8-11-21;/h3-6,15,19H,7-14H2,1-2H3,(H,20,22);1H. The molecule has 1 saturated heterocycles. The minimum absolute atomic E-state index is 0. The lowest BCUT2D eigenvalue weighted by Gasteiger charge is -2.27. The zero-order valence-electron chi connectivity index (χ0n) is 14.3. The smallest absolute Gasteiger partial charge is 0.224 e. The van der Waals surface area contributed by atoms with E-state index in [0.29, 0.717) is 12.3 Å². The molecule has 1 amide bonds. The molecule has 0 atom stereocenters. The van der Waals surface area contributed by atoms with Crippen LogP contribution in [0.1, 0.15) is 25.0 Å². The monoisotopic (exact) mass is 339 g/mol. The first-order valence-corrected chi connectivity index (χ1v) is 8.41. The summed E-state index contributed by atoms with van der Waals surface area (Å²) in [5.74, 6) is 0.783. The SMILES string of the molecule is CC(C)Cc1ccc(CC(=O)NCCN2CCNCC2)cc1.Cl. The Bertz CT molecular complexity index is 456. The summed E-state index contributed by atoms with van der Waals surface area (Å²) in [6, 6.07) is 8.44. The molecule has 0 spiro atoms. The lowest BCUT2D eigenvalue weighted by molar-refractivity contribution is -0.120. The third-order valence-electron chi connectivity index (χ3n) is 3.99. The molecule has 0 unspecified atom stereocenters. The average Bonchev–Trinajstić information content (AvgIpc) is 2.50. The predicted octanol–water partition coefficient (Wildman–Crippen LogP) is 1.87. The third kappa shape index (κ3) is 7.82. The molecule has 1 fully saturated rings. The van der Waals surface area contributed by atoms with Gasteiger partial charge >= 0.3 is 0 Å². The average molecular weight is 340 g/mol. The molecule has 130 valence electrons. The van der Waals surface area contributed by atoms with E-state index in [1.54, 1.807) is 0 Å². The molecule has 1 heterocycles. The molecule has 0 aliphatic carbocycles. The second kappa shape index (κ2) is 10.6. The van der Waals surface area contributed by atoms with E-state index in [1.807, 2.05) is 0 Å². The number of hydrogen-bond acceptors (Lipinski definition) is 3. The third-order valence-corrected chi connectivity index (χ3v) is 3.99. The summed E-state index contributed by atoms with van der Waals surface area (Å²) in [7, 11) is 0. The minimum Gasteiger partial charge on any atom is -0.355 e. The van der Waals surface area contributed by atoms with Gasteiger partial charge in [0.2, 0.25) is 5.91 Å². The summed E-state index contributed by atoms with van der Waals surface area (Å²) in [5, 5.41) is 6.36. The molecule has 0 radical (unpaired) electrons. The van der Waals surface area contributed by atoms with Crippen molar-refractivity contribution >= 4 is 18.3 Å². The number of amides is 1. The van der Waals surface area contributed by atoms with E-state index in [1.165, 1.54) is 5.56 Å². The summed E-state index contributed by atoms with van der Waals surface area (Å²) in [6.45, 7) is 10.4. The maximum atomic E-state index is 12.0. The molecular weight excluding hydrogens is 310 g/mol. The van der Waals surface area contributed by atoms with Crippen LogP contribution in [0.3, 0.4) is 0 Å². The van der Waals surface area contributed by atoms with Crippen LogP contribution in [0.15, 0.2) is 24.3 Å². The minimum atomic E-state index is 0. The molecule has 0 aromatic heterocycles. The first-order chi connectivity index (χ1) is 10.6. The van der Waals surface area contributed by atoms with Gasteiger partial charge in [0.25, 0.3) is 0 Å². The number of halogens is 1. The molecule has 2 rings (SSSR count). The Balaban J connectivity index is 0.00000264.